The molecule has 0 radical (unpaired) electrons. The van der Waals surface area contributed by atoms with Crippen LogP contribution in [0.3, 0.4) is 0 Å². The van der Waals surface area contributed by atoms with Crippen molar-refractivity contribution in [2.45, 2.75) is 64.4 Å². The van der Waals surface area contributed by atoms with Crippen molar-refractivity contribution in [2.75, 3.05) is 13.2 Å². The fraction of sp³-hybridized carbons (Fsp3) is 0.500. The van der Waals surface area contributed by atoms with Crippen LogP contribution in [0.5, 0.6) is 5.75 Å². The third-order valence-electron chi connectivity index (χ3n) is 5.74. The standard InChI is InChI=1S/C24H30F2O2/c1-4-16-28-24(3)14-12-18(13-15-24)17-6-8-19(9-7-17)20-10-11-21(27-5-2)23(26)22(20)25/h6-11,18H,4-5,12-16H2,1-3H3. The zero-order chi connectivity index (χ0) is 20.1. The van der Waals surface area contributed by atoms with E-state index in [1.54, 1.807) is 13.0 Å². The second-order valence-corrected chi connectivity index (χ2v) is 7.87. The molecule has 0 bridgehead atoms. The zero-order valence-corrected chi connectivity index (χ0v) is 17.1. The molecule has 2 aromatic rings. The molecule has 0 spiro atoms. The van der Waals surface area contributed by atoms with Crippen LogP contribution in [0, 0.1) is 11.6 Å². The summed E-state index contributed by atoms with van der Waals surface area (Å²) in [6, 6.07) is 10.9. The van der Waals surface area contributed by atoms with Crippen LogP contribution in [0.15, 0.2) is 36.4 Å². The highest BCUT2D eigenvalue weighted by molar-refractivity contribution is 5.65. The van der Waals surface area contributed by atoms with E-state index >= 15 is 0 Å². The molecule has 1 saturated carbocycles. The van der Waals surface area contributed by atoms with E-state index in [4.69, 9.17) is 9.47 Å². The van der Waals surface area contributed by atoms with Gasteiger partial charge in [0, 0.05) is 12.2 Å². The van der Waals surface area contributed by atoms with Crippen LogP contribution in [0.2, 0.25) is 0 Å². The fourth-order valence-corrected chi connectivity index (χ4v) is 4.01. The predicted octanol–water partition coefficient (Wildman–Crippen LogP) is 6.87. The van der Waals surface area contributed by atoms with E-state index in [2.05, 4.69) is 13.8 Å². The summed E-state index contributed by atoms with van der Waals surface area (Å²) >= 11 is 0. The van der Waals surface area contributed by atoms with E-state index in [1.807, 2.05) is 24.3 Å². The molecule has 2 aromatic carbocycles. The van der Waals surface area contributed by atoms with E-state index in [1.165, 1.54) is 11.6 Å². The van der Waals surface area contributed by atoms with Crippen LogP contribution in [-0.4, -0.2) is 18.8 Å². The molecule has 0 N–H and O–H groups in total. The van der Waals surface area contributed by atoms with Gasteiger partial charge in [-0.1, -0.05) is 31.2 Å². The van der Waals surface area contributed by atoms with Gasteiger partial charge in [-0.2, -0.15) is 4.39 Å². The predicted molar refractivity (Wildman–Crippen MR) is 109 cm³/mol. The molecule has 0 atom stereocenters. The molecule has 2 nitrogen and oxygen atoms in total. The lowest BCUT2D eigenvalue weighted by atomic mass is 9.76. The second kappa shape index (κ2) is 9.04. The maximum atomic E-state index is 14.4. The van der Waals surface area contributed by atoms with Crippen molar-refractivity contribution in [3.63, 3.8) is 0 Å². The maximum absolute atomic E-state index is 14.4. The fourth-order valence-electron chi connectivity index (χ4n) is 4.01. The molecule has 0 amide bonds. The van der Waals surface area contributed by atoms with Crippen molar-refractivity contribution in [3.05, 3.63) is 53.6 Å². The first kappa shape index (κ1) is 20.8. The van der Waals surface area contributed by atoms with Gasteiger partial charge in [-0.3, -0.25) is 0 Å². The molecule has 0 saturated heterocycles. The molecule has 1 aliphatic carbocycles. The van der Waals surface area contributed by atoms with Crippen molar-refractivity contribution in [2.24, 2.45) is 0 Å². The summed E-state index contributed by atoms with van der Waals surface area (Å²) in [5, 5.41) is 0. The highest BCUT2D eigenvalue weighted by atomic mass is 19.2. The van der Waals surface area contributed by atoms with Crippen molar-refractivity contribution in [1.29, 1.82) is 0 Å². The van der Waals surface area contributed by atoms with Crippen molar-refractivity contribution >= 4 is 0 Å². The lowest BCUT2D eigenvalue weighted by Crippen LogP contribution is -2.33. The third kappa shape index (κ3) is 4.54. The zero-order valence-electron chi connectivity index (χ0n) is 17.1. The monoisotopic (exact) mass is 388 g/mol. The number of benzene rings is 2. The number of hydrogen-bond donors (Lipinski definition) is 0. The summed E-state index contributed by atoms with van der Waals surface area (Å²) in [7, 11) is 0. The first-order valence-corrected chi connectivity index (χ1v) is 10.3. The van der Waals surface area contributed by atoms with E-state index in [-0.39, 0.29) is 16.9 Å². The summed E-state index contributed by atoms with van der Waals surface area (Å²) in [4.78, 5) is 0. The van der Waals surface area contributed by atoms with Gasteiger partial charge in [-0.25, -0.2) is 4.39 Å². The van der Waals surface area contributed by atoms with Gasteiger partial charge in [0.2, 0.25) is 5.82 Å². The van der Waals surface area contributed by atoms with E-state index in [9.17, 15) is 8.78 Å². The van der Waals surface area contributed by atoms with Gasteiger partial charge in [0.1, 0.15) is 0 Å². The lowest BCUT2D eigenvalue weighted by Gasteiger charge is -2.37. The average Bonchev–Trinajstić information content (AvgIpc) is 2.71. The highest BCUT2D eigenvalue weighted by Crippen LogP contribution is 2.40. The summed E-state index contributed by atoms with van der Waals surface area (Å²) in [6.07, 6.45) is 5.33. The Morgan fingerprint density at radius 1 is 0.964 bits per heavy atom. The molecule has 4 heteroatoms. The van der Waals surface area contributed by atoms with Crippen LogP contribution >= 0.6 is 0 Å². The van der Waals surface area contributed by atoms with Crippen molar-refractivity contribution in [3.8, 4) is 16.9 Å². The Hall–Kier alpha value is -1.94. The summed E-state index contributed by atoms with van der Waals surface area (Å²) in [6.45, 7) is 7.21. The SMILES string of the molecule is CCCOC1(C)CCC(c2ccc(-c3ccc(OCC)c(F)c3F)cc2)CC1. The normalized spacial score (nSPS) is 22.2. The molecule has 1 fully saturated rings. The van der Waals surface area contributed by atoms with E-state index in [0.717, 1.165) is 38.7 Å². The van der Waals surface area contributed by atoms with E-state index in [0.29, 0.717) is 18.1 Å². The topological polar surface area (TPSA) is 18.5 Å². The van der Waals surface area contributed by atoms with Gasteiger partial charge in [0.25, 0.3) is 0 Å². The minimum Gasteiger partial charge on any atom is -0.491 e. The molecule has 0 heterocycles. The Labute approximate surface area is 166 Å². The Kier molecular flexibility index (Phi) is 6.71. The maximum Gasteiger partial charge on any atom is 0.201 e. The van der Waals surface area contributed by atoms with Crippen LogP contribution < -0.4 is 4.74 Å². The van der Waals surface area contributed by atoms with Crippen LogP contribution in [0.4, 0.5) is 8.78 Å². The molecule has 152 valence electrons. The Bertz CT molecular complexity index is 778. The number of hydrogen-bond acceptors (Lipinski definition) is 2. The van der Waals surface area contributed by atoms with Crippen molar-refractivity contribution < 1.29 is 18.3 Å². The first-order valence-electron chi connectivity index (χ1n) is 10.3. The van der Waals surface area contributed by atoms with Gasteiger partial charge < -0.3 is 9.47 Å². The van der Waals surface area contributed by atoms with Crippen LogP contribution in [-0.2, 0) is 4.74 Å². The third-order valence-corrected chi connectivity index (χ3v) is 5.74. The summed E-state index contributed by atoms with van der Waals surface area (Å²) < 4.78 is 39.8. The number of halogens is 2. The molecule has 0 aromatic heterocycles. The molecule has 1 aliphatic rings. The second-order valence-electron chi connectivity index (χ2n) is 7.87. The Morgan fingerprint density at radius 3 is 2.25 bits per heavy atom. The van der Waals surface area contributed by atoms with Crippen molar-refractivity contribution in [1.82, 2.24) is 0 Å². The van der Waals surface area contributed by atoms with Gasteiger partial charge >= 0.3 is 0 Å². The molecular formula is C24H30F2O2. The minimum absolute atomic E-state index is 0.00455. The molecular weight excluding hydrogens is 358 g/mol. The van der Waals surface area contributed by atoms with E-state index < -0.39 is 11.6 Å². The molecule has 28 heavy (non-hydrogen) atoms. The van der Waals surface area contributed by atoms with Gasteiger partial charge in [-0.15, -0.1) is 0 Å². The van der Waals surface area contributed by atoms with Crippen LogP contribution in [0.25, 0.3) is 11.1 Å². The molecule has 0 aliphatic heterocycles. The number of ether oxygens (including phenoxy) is 2. The Morgan fingerprint density at radius 2 is 1.64 bits per heavy atom. The summed E-state index contributed by atoms with van der Waals surface area (Å²) in [5.74, 6) is -1.34. The molecule has 3 rings (SSSR count). The highest BCUT2D eigenvalue weighted by Gasteiger charge is 2.32. The Balaban J connectivity index is 1.70. The smallest absolute Gasteiger partial charge is 0.201 e. The van der Waals surface area contributed by atoms with Crippen LogP contribution in [0.1, 0.15) is 64.4 Å². The quantitative estimate of drug-likeness (QED) is 0.515. The summed E-state index contributed by atoms with van der Waals surface area (Å²) in [5.41, 5.74) is 2.19. The molecule has 0 unspecified atom stereocenters. The largest absolute Gasteiger partial charge is 0.491 e. The number of rotatable bonds is 7. The van der Waals surface area contributed by atoms with Gasteiger partial charge in [0.05, 0.1) is 12.2 Å². The first-order chi connectivity index (χ1) is 13.5. The van der Waals surface area contributed by atoms with Gasteiger partial charge in [-0.05, 0) is 75.1 Å². The minimum atomic E-state index is -0.929. The average molecular weight is 388 g/mol. The lowest BCUT2D eigenvalue weighted by molar-refractivity contribution is -0.0589. The van der Waals surface area contributed by atoms with Gasteiger partial charge in [0.15, 0.2) is 11.6 Å².